The second kappa shape index (κ2) is 10.8. The molecule has 2 atom stereocenters. The van der Waals surface area contributed by atoms with Crippen LogP contribution in [0.25, 0.3) is 0 Å². The highest BCUT2D eigenvalue weighted by molar-refractivity contribution is 5.69. The lowest BCUT2D eigenvalue weighted by molar-refractivity contribution is 0.0137. The van der Waals surface area contributed by atoms with Crippen LogP contribution in [0.4, 0.5) is 4.79 Å². The molecule has 0 aromatic carbocycles. The van der Waals surface area contributed by atoms with E-state index in [1.165, 1.54) is 85.3 Å². The zero-order valence-electron chi connectivity index (χ0n) is 23.5. The summed E-state index contributed by atoms with van der Waals surface area (Å²) in [6, 6.07) is 0.730. The summed E-state index contributed by atoms with van der Waals surface area (Å²) < 4.78 is 5.56. The molecule has 8 nitrogen and oxygen atoms in total. The summed E-state index contributed by atoms with van der Waals surface area (Å²) in [5, 5.41) is 19.1. The van der Waals surface area contributed by atoms with Gasteiger partial charge in [-0.1, -0.05) is 25.7 Å². The van der Waals surface area contributed by atoms with Gasteiger partial charge in [0.15, 0.2) is 0 Å². The Morgan fingerprint density at radius 2 is 1.41 bits per heavy atom. The first-order chi connectivity index (χ1) is 17.7. The third kappa shape index (κ3) is 5.89. The SMILES string of the molecule is C[C@@H]1Cc2[nH]nc(C3CCCC3)c2CN1.C[C@@H]1Cc2[nH]nc(C3CCCC3)c2CN1C(=O)OC(C)(C)C. The second-order valence-corrected chi connectivity index (χ2v) is 12.7. The highest BCUT2D eigenvalue weighted by Gasteiger charge is 2.35. The molecule has 37 heavy (non-hydrogen) atoms. The molecule has 2 aromatic heterocycles. The highest BCUT2D eigenvalue weighted by atomic mass is 16.6. The number of nitrogens with one attached hydrogen (secondary N) is 3. The number of carbonyl (C=O) groups excluding carboxylic acids is 1. The summed E-state index contributed by atoms with van der Waals surface area (Å²) >= 11 is 0. The molecule has 0 saturated heterocycles. The zero-order chi connectivity index (χ0) is 26.2. The number of H-pyrrole nitrogens is 2. The van der Waals surface area contributed by atoms with Crippen molar-refractivity contribution in [2.45, 2.75) is 141 Å². The summed E-state index contributed by atoms with van der Waals surface area (Å²) in [5.74, 6) is 1.30. The van der Waals surface area contributed by atoms with Gasteiger partial charge in [-0.05, 0) is 60.3 Å². The number of hydrogen-bond acceptors (Lipinski definition) is 5. The number of amides is 1. The van der Waals surface area contributed by atoms with Gasteiger partial charge in [0.1, 0.15) is 5.60 Å². The molecule has 4 aliphatic rings. The predicted molar refractivity (Wildman–Crippen MR) is 145 cm³/mol. The van der Waals surface area contributed by atoms with E-state index in [-0.39, 0.29) is 12.1 Å². The maximum Gasteiger partial charge on any atom is 0.410 e. The Labute approximate surface area is 221 Å². The largest absolute Gasteiger partial charge is 0.444 e. The normalized spacial score (nSPS) is 24.4. The molecule has 4 heterocycles. The fourth-order valence-corrected chi connectivity index (χ4v) is 6.57. The molecular weight excluding hydrogens is 464 g/mol. The summed E-state index contributed by atoms with van der Waals surface area (Å²) in [4.78, 5) is 14.3. The van der Waals surface area contributed by atoms with Crippen LogP contribution >= 0.6 is 0 Å². The van der Waals surface area contributed by atoms with Gasteiger partial charge in [0, 0.05) is 65.8 Å². The first-order valence-corrected chi connectivity index (χ1v) is 14.5. The molecule has 2 aromatic rings. The maximum absolute atomic E-state index is 12.5. The highest BCUT2D eigenvalue weighted by Crippen LogP contribution is 2.38. The van der Waals surface area contributed by atoms with Gasteiger partial charge in [-0.25, -0.2) is 4.79 Å². The number of aromatic nitrogens is 4. The lowest BCUT2D eigenvalue weighted by atomic mass is 9.94. The minimum atomic E-state index is -0.457. The van der Waals surface area contributed by atoms with Crippen molar-refractivity contribution in [1.82, 2.24) is 30.6 Å². The van der Waals surface area contributed by atoms with Crippen LogP contribution in [-0.4, -0.2) is 49.1 Å². The van der Waals surface area contributed by atoms with E-state index >= 15 is 0 Å². The summed E-state index contributed by atoms with van der Waals surface area (Å²) in [6.07, 6.45) is 12.2. The Morgan fingerprint density at radius 3 is 1.97 bits per heavy atom. The van der Waals surface area contributed by atoms with Crippen molar-refractivity contribution in [2.24, 2.45) is 0 Å². The van der Waals surface area contributed by atoms with Crippen LogP contribution < -0.4 is 5.32 Å². The molecule has 0 radical (unpaired) electrons. The van der Waals surface area contributed by atoms with Gasteiger partial charge >= 0.3 is 6.09 Å². The summed E-state index contributed by atoms with van der Waals surface area (Å²) in [6.45, 7) is 11.7. The van der Waals surface area contributed by atoms with Crippen LogP contribution in [-0.2, 0) is 30.7 Å². The lowest BCUT2D eigenvalue weighted by Gasteiger charge is -2.35. The van der Waals surface area contributed by atoms with Gasteiger partial charge in [0.25, 0.3) is 0 Å². The van der Waals surface area contributed by atoms with Crippen LogP contribution in [0.15, 0.2) is 0 Å². The minimum absolute atomic E-state index is 0.138. The number of ether oxygens (including phenoxy) is 1. The van der Waals surface area contributed by atoms with Crippen LogP contribution in [0.3, 0.4) is 0 Å². The molecule has 204 valence electrons. The molecule has 6 rings (SSSR count). The van der Waals surface area contributed by atoms with E-state index < -0.39 is 5.60 Å². The van der Waals surface area contributed by atoms with Crippen molar-refractivity contribution >= 4 is 6.09 Å². The molecule has 2 saturated carbocycles. The summed E-state index contributed by atoms with van der Waals surface area (Å²) in [7, 11) is 0. The maximum atomic E-state index is 12.5. The van der Waals surface area contributed by atoms with Gasteiger partial charge in [-0.15, -0.1) is 0 Å². The van der Waals surface area contributed by atoms with E-state index in [4.69, 9.17) is 4.74 Å². The van der Waals surface area contributed by atoms with Crippen molar-refractivity contribution in [3.63, 3.8) is 0 Å². The number of rotatable bonds is 2. The number of nitrogens with zero attached hydrogens (tertiary/aromatic N) is 3. The zero-order valence-corrected chi connectivity index (χ0v) is 23.5. The molecule has 2 aliphatic heterocycles. The van der Waals surface area contributed by atoms with E-state index in [2.05, 4.69) is 39.6 Å². The molecule has 3 N–H and O–H groups in total. The van der Waals surface area contributed by atoms with Crippen molar-refractivity contribution in [1.29, 1.82) is 0 Å². The van der Waals surface area contributed by atoms with Gasteiger partial charge < -0.3 is 15.0 Å². The monoisotopic (exact) mass is 510 g/mol. The number of carbonyl (C=O) groups is 1. The standard InChI is InChI=1S/C17H27N3O2.C12H19N3/c1-11-9-14-13(10-20(11)16(21)22-17(2,3)4)15(19-18-14)12-7-5-6-8-12;1-8-6-11-10(7-13-8)12(15-14-11)9-4-2-3-5-9/h11-12H,5-10H2,1-4H3,(H,18,19);8-9,13H,2-7H2,1H3,(H,14,15)/t11-;8-/m11/s1. The first kappa shape index (κ1) is 26.3. The molecule has 0 spiro atoms. The third-order valence-electron chi connectivity index (χ3n) is 8.58. The van der Waals surface area contributed by atoms with Gasteiger partial charge in [0.2, 0.25) is 0 Å². The fourth-order valence-electron chi connectivity index (χ4n) is 6.57. The smallest absolute Gasteiger partial charge is 0.410 e. The van der Waals surface area contributed by atoms with E-state index in [9.17, 15) is 4.79 Å². The quantitative estimate of drug-likeness (QED) is 0.471. The fraction of sp³-hybridized carbons (Fsp3) is 0.759. The van der Waals surface area contributed by atoms with Gasteiger partial charge in [-0.3, -0.25) is 10.2 Å². The topological polar surface area (TPSA) is 98.9 Å². The number of hydrogen-bond donors (Lipinski definition) is 3. The Kier molecular flexibility index (Phi) is 7.66. The van der Waals surface area contributed by atoms with E-state index in [1.807, 2.05) is 25.7 Å². The summed E-state index contributed by atoms with van der Waals surface area (Å²) in [5.41, 5.74) is 7.38. The van der Waals surface area contributed by atoms with Gasteiger partial charge in [0.05, 0.1) is 17.9 Å². The Bertz CT molecular complexity index is 1070. The average molecular weight is 511 g/mol. The predicted octanol–water partition coefficient (Wildman–Crippen LogP) is 5.85. The minimum Gasteiger partial charge on any atom is -0.444 e. The third-order valence-corrected chi connectivity index (χ3v) is 8.58. The van der Waals surface area contributed by atoms with Crippen LogP contribution in [0.1, 0.15) is 132 Å². The van der Waals surface area contributed by atoms with E-state index in [0.29, 0.717) is 18.5 Å². The van der Waals surface area contributed by atoms with Gasteiger partial charge in [-0.2, -0.15) is 10.2 Å². The van der Waals surface area contributed by atoms with Crippen molar-refractivity contribution in [3.8, 4) is 0 Å². The van der Waals surface area contributed by atoms with Crippen molar-refractivity contribution < 1.29 is 9.53 Å². The second-order valence-electron chi connectivity index (χ2n) is 12.7. The molecule has 2 aliphatic carbocycles. The van der Waals surface area contributed by atoms with E-state index in [1.54, 1.807) is 0 Å². The molecule has 0 bridgehead atoms. The van der Waals surface area contributed by atoms with Crippen LogP contribution in [0, 0.1) is 0 Å². The number of fused-ring (bicyclic) bond motifs is 2. The Balaban J connectivity index is 0.000000162. The molecule has 0 unspecified atom stereocenters. The molecule has 8 heteroatoms. The Morgan fingerprint density at radius 1 is 0.865 bits per heavy atom. The average Bonchev–Trinajstić information content (AvgIpc) is 3.63. The molecule has 1 amide bonds. The first-order valence-electron chi connectivity index (χ1n) is 14.5. The van der Waals surface area contributed by atoms with Crippen molar-refractivity contribution in [2.75, 3.05) is 0 Å². The van der Waals surface area contributed by atoms with Crippen LogP contribution in [0.5, 0.6) is 0 Å². The molecular formula is C29H46N6O2. The molecule has 2 fully saturated rings. The Hall–Kier alpha value is -2.35. The number of aromatic amines is 2. The van der Waals surface area contributed by atoms with Crippen molar-refractivity contribution in [3.05, 3.63) is 33.9 Å². The van der Waals surface area contributed by atoms with E-state index in [0.717, 1.165) is 25.3 Å². The van der Waals surface area contributed by atoms with Crippen LogP contribution in [0.2, 0.25) is 0 Å². The lowest BCUT2D eigenvalue weighted by Crippen LogP contribution is -2.45.